The Bertz CT molecular complexity index is 923. The Balaban J connectivity index is 1.47. The number of aliphatic imine (C=N–C) groups is 1. The van der Waals surface area contributed by atoms with Crippen molar-refractivity contribution in [3.05, 3.63) is 59.1 Å². The largest absolute Gasteiger partial charge is 0.586 e. The van der Waals surface area contributed by atoms with Crippen LogP contribution in [0.1, 0.15) is 15.9 Å². The molecule has 2 N–H and O–H groups in total. The molecule has 0 bridgehead atoms. The summed E-state index contributed by atoms with van der Waals surface area (Å²) in [4.78, 5) is 16.3. The Labute approximate surface area is 154 Å². The standard InChI is InChI=1S/C17H12F5N3O3/c18-16(19,20)10-3-1-2-8(4-10)14(26)25-15-23-7-9-5-12-13(6-11(9)24-15)28-17(21,22)27-12/h1-6,9,11H,7H2,(H2,23,24,25,26). The van der Waals surface area contributed by atoms with Crippen molar-refractivity contribution >= 4 is 11.9 Å². The number of halogens is 5. The number of carbonyl (C=O) groups is 1. The van der Waals surface area contributed by atoms with Gasteiger partial charge in [-0.2, -0.15) is 13.2 Å². The first-order valence-corrected chi connectivity index (χ1v) is 8.10. The molecule has 28 heavy (non-hydrogen) atoms. The van der Waals surface area contributed by atoms with Crippen LogP contribution in [0.25, 0.3) is 0 Å². The summed E-state index contributed by atoms with van der Waals surface area (Å²) in [6, 6.07) is 3.44. The van der Waals surface area contributed by atoms with E-state index in [1.807, 2.05) is 0 Å². The van der Waals surface area contributed by atoms with Gasteiger partial charge in [0, 0.05) is 11.5 Å². The average Bonchev–Trinajstić information content (AvgIpc) is 2.91. The number of hydrogen-bond donors (Lipinski definition) is 2. The molecular formula is C17H12F5N3O3. The third-order valence-electron chi connectivity index (χ3n) is 4.31. The maximum Gasteiger partial charge on any atom is 0.586 e. The van der Waals surface area contributed by atoms with Gasteiger partial charge in [0.2, 0.25) is 0 Å². The van der Waals surface area contributed by atoms with Crippen molar-refractivity contribution in [1.29, 1.82) is 0 Å². The summed E-state index contributed by atoms with van der Waals surface area (Å²) in [5, 5.41) is 5.22. The maximum atomic E-state index is 13.2. The van der Waals surface area contributed by atoms with Gasteiger partial charge in [-0.15, -0.1) is 8.78 Å². The first-order chi connectivity index (χ1) is 13.1. The normalized spacial score (nSPS) is 25.0. The number of ether oxygens (including phenoxy) is 2. The topological polar surface area (TPSA) is 72.0 Å². The van der Waals surface area contributed by atoms with Gasteiger partial charge in [-0.25, -0.2) is 0 Å². The second kappa shape index (κ2) is 6.21. The fourth-order valence-electron chi connectivity index (χ4n) is 3.00. The van der Waals surface area contributed by atoms with Crippen LogP contribution in [0.15, 0.2) is 52.9 Å². The van der Waals surface area contributed by atoms with E-state index in [1.54, 1.807) is 0 Å². The van der Waals surface area contributed by atoms with Crippen molar-refractivity contribution in [2.24, 2.45) is 10.9 Å². The number of hydrogen-bond acceptors (Lipinski definition) is 5. The lowest BCUT2D eigenvalue weighted by Gasteiger charge is -2.30. The van der Waals surface area contributed by atoms with Crippen LogP contribution in [-0.2, 0) is 15.7 Å². The van der Waals surface area contributed by atoms with Crippen LogP contribution in [0.3, 0.4) is 0 Å². The molecule has 2 atom stereocenters. The zero-order valence-corrected chi connectivity index (χ0v) is 13.9. The summed E-state index contributed by atoms with van der Waals surface area (Å²) in [6.45, 7) is 0.151. The minimum absolute atomic E-state index is 0.0167. The lowest BCUT2D eigenvalue weighted by molar-refractivity contribution is -0.326. The monoisotopic (exact) mass is 401 g/mol. The van der Waals surface area contributed by atoms with E-state index in [2.05, 4.69) is 25.1 Å². The molecule has 1 aromatic rings. The van der Waals surface area contributed by atoms with E-state index in [-0.39, 0.29) is 35.5 Å². The number of amides is 1. The molecule has 4 rings (SSSR count). The fourth-order valence-corrected chi connectivity index (χ4v) is 3.00. The van der Waals surface area contributed by atoms with Gasteiger partial charge < -0.3 is 14.8 Å². The molecule has 2 heterocycles. The number of benzene rings is 1. The second-order valence-electron chi connectivity index (χ2n) is 6.29. The highest BCUT2D eigenvalue weighted by atomic mass is 19.4. The van der Waals surface area contributed by atoms with Crippen molar-refractivity contribution in [3.63, 3.8) is 0 Å². The molecule has 3 aliphatic rings. The van der Waals surface area contributed by atoms with Crippen molar-refractivity contribution in [2.45, 2.75) is 18.5 Å². The van der Waals surface area contributed by atoms with Crippen molar-refractivity contribution in [3.8, 4) is 0 Å². The molecule has 2 unspecified atom stereocenters. The van der Waals surface area contributed by atoms with Gasteiger partial charge in [0.25, 0.3) is 5.91 Å². The number of nitrogens with one attached hydrogen (secondary N) is 2. The van der Waals surface area contributed by atoms with Gasteiger partial charge in [-0.05, 0) is 30.4 Å². The van der Waals surface area contributed by atoms with E-state index >= 15 is 0 Å². The summed E-state index contributed by atoms with van der Waals surface area (Å²) < 4.78 is 73.5. The van der Waals surface area contributed by atoms with Crippen molar-refractivity contribution in [1.82, 2.24) is 10.6 Å². The Morgan fingerprint density at radius 2 is 1.93 bits per heavy atom. The van der Waals surface area contributed by atoms with Gasteiger partial charge in [-0.1, -0.05) is 6.07 Å². The molecule has 1 fully saturated rings. The van der Waals surface area contributed by atoms with E-state index in [0.29, 0.717) is 0 Å². The van der Waals surface area contributed by atoms with Crippen molar-refractivity contribution in [2.75, 3.05) is 6.54 Å². The van der Waals surface area contributed by atoms with E-state index in [9.17, 15) is 26.7 Å². The molecule has 148 valence electrons. The highest BCUT2D eigenvalue weighted by Gasteiger charge is 2.48. The fraction of sp³-hybridized carbons (Fsp3) is 0.294. The SMILES string of the molecule is O=C(NC1=NCC2C=C3OC(F)(F)OC3=CC2N1)c1cccc(C(F)(F)F)c1. The predicted molar refractivity (Wildman–Crippen MR) is 84.9 cm³/mol. The van der Waals surface area contributed by atoms with Crippen LogP contribution < -0.4 is 10.6 Å². The maximum absolute atomic E-state index is 13.2. The Kier molecular flexibility index (Phi) is 4.05. The molecule has 1 amide bonds. The number of guanidine groups is 1. The molecule has 0 spiro atoms. The zero-order valence-electron chi connectivity index (χ0n) is 13.9. The molecule has 0 aromatic heterocycles. The van der Waals surface area contributed by atoms with Crippen LogP contribution in [0.4, 0.5) is 22.0 Å². The van der Waals surface area contributed by atoms with Gasteiger partial charge in [0.1, 0.15) is 0 Å². The molecule has 6 nitrogen and oxygen atoms in total. The van der Waals surface area contributed by atoms with E-state index < -0.39 is 30.0 Å². The lowest BCUT2D eigenvalue weighted by Crippen LogP contribution is -2.52. The van der Waals surface area contributed by atoms with Gasteiger partial charge in [0.15, 0.2) is 17.5 Å². The summed E-state index contributed by atoms with van der Waals surface area (Å²) in [6.07, 6.45) is -5.49. The minimum atomic E-state index is -4.58. The van der Waals surface area contributed by atoms with E-state index in [1.165, 1.54) is 18.2 Å². The highest BCUT2D eigenvalue weighted by Crippen LogP contribution is 2.40. The van der Waals surface area contributed by atoms with Gasteiger partial charge in [-0.3, -0.25) is 15.1 Å². The molecule has 0 saturated carbocycles. The first kappa shape index (κ1) is 18.3. The predicted octanol–water partition coefficient (Wildman–Crippen LogP) is 2.76. The quantitative estimate of drug-likeness (QED) is 0.710. The summed E-state index contributed by atoms with van der Waals surface area (Å²) in [5.41, 5.74) is -1.15. The van der Waals surface area contributed by atoms with Crippen molar-refractivity contribution < 1.29 is 36.2 Å². The second-order valence-corrected chi connectivity index (χ2v) is 6.29. The zero-order chi connectivity index (χ0) is 20.1. The lowest BCUT2D eigenvalue weighted by atomic mass is 9.92. The molecule has 2 aliphatic heterocycles. The Hall–Kier alpha value is -3.11. The van der Waals surface area contributed by atoms with E-state index in [4.69, 9.17) is 0 Å². The summed E-state index contributed by atoms with van der Waals surface area (Å²) >= 11 is 0. The first-order valence-electron chi connectivity index (χ1n) is 8.10. The molecule has 1 aromatic carbocycles. The van der Waals surface area contributed by atoms with Crippen LogP contribution in [0.2, 0.25) is 0 Å². The Morgan fingerprint density at radius 3 is 2.64 bits per heavy atom. The molecule has 1 saturated heterocycles. The summed E-state index contributed by atoms with van der Waals surface area (Å²) in [7, 11) is 0. The molecule has 1 aliphatic carbocycles. The van der Waals surface area contributed by atoms with E-state index in [0.717, 1.165) is 18.2 Å². The van der Waals surface area contributed by atoms with Gasteiger partial charge >= 0.3 is 12.5 Å². The summed E-state index contributed by atoms with van der Waals surface area (Å²) in [5.74, 6) is -1.31. The minimum Gasteiger partial charge on any atom is -0.396 e. The number of nitrogens with zero attached hydrogens (tertiary/aromatic N) is 1. The molecular weight excluding hydrogens is 389 g/mol. The third kappa shape index (κ3) is 3.51. The van der Waals surface area contributed by atoms with Crippen LogP contribution in [-0.4, -0.2) is 30.7 Å². The van der Waals surface area contributed by atoms with Crippen LogP contribution in [0.5, 0.6) is 0 Å². The third-order valence-corrected chi connectivity index (χ3v) is 4.31. The number of rotatable bonds is 1. The number of fused-ring (bicyclic) bond motifs is 2. The van der Waals surface area contributed by atoms with Gasteiger partial charge in [0.05, 0.1) is 18.2 Å². The number of alkyl halides is 5. The Morgan fingerprint density at radius 1 is 1.21 bits per heavy atom. The smallest absolute Gasteiger partial charge is 0.396 e. The molecule has 0 radical (unpaired) electrons. The van der Waals surface area contributed by atoms with Crippen LogP contribution >= 0.6 is 0 Å². The average molecular weight is 401 g/mol. The highest BCUT2D eigenvalue weighted by molar-refractivity contribution is 6.06. The number of carbonyl (C=O) groups excluding carboxylic acids is 1. The van der Waals surface area contributed by atoms with Crippen LogP contribution in [0, 0.1) is 5.92 Å². The molecule has 11 heteroatoms.